The van der Waals surface area contributed by atoms with E-state index in [9.17, 15) is 13.2 Å². The summed E-state index contributed by atoms with van der Waals surface area (Å²) in [4.78, 5) is 4.46. The van der Waals surface area contributed by atoms with E-state index in [0.29, 0.717) is 32.0 Å². The zero-order valence-corrected chi connectivity index (χ0v) is 15.9. The van der Waals surface area contributed by atoms with Crippen LogP contribution in [0.15, 0.2) is 29.3 Å². The summed E-state index contributed by atoms with van der Waals surface area (Å²) in [6.07, 6.45) is -4.20. The highest BCUT2D eigenvalue weighted by molar-refractivity contribution is 14.0. The molecule has 0 radical (unpaired) electrons. The van der Waals surface area contributed by atoms with E-state index in [1.54, 1.807) is 0 Å². The molecule has 0 fully saturated rings. The quantitative estimate of drug-likeness (QED) is 0.284. The number of alkyl halides is 3. The Bertz CT molecular complexity index is 476. The number of hydrogen-bond donors (Lipinski definition) is 2. The van der Waals surface area contributed by atoms with Crippen LogP contribution >= 0.6 is 24.0 Å². The molecule has 0 heterocycles. The van der Waals surface area contributed by atoms with Crippen LogP contribution < -0.4 is 10.6 Å². The van der Waals surface area contributed by atoms with Gasteiger partial charge < -0.3 is 10.6 Å². The highest BCUT2D eigenvalue weighted by atomic mass is 127. The Morgan fingerprint density at radius 1 is 1.13 bits per heavy atom. The van der Waals surface area contributed by atoms with Gasteiger partial charge >= 0.3 is 6.18 Å². The van der Waals surface area contributed by atoms with Gasteiger partial charge in [0.2, 0.25) is 0 Å². The first kappa shape index (κ1) is 22.0. The van der Waals surface area contributed by atoms with Gasteiger partial charge in [-0.25, -0.2) is 4.99 Å². The predicted molar refractivity (Wildman–Crippen MR) is 99.3 cm³/mol. The van der Waals surface area contributed by atoms with Gasteiger partial charge in [-0.2, -0.15) is 13.2 Å². The molecule has 0 saturated heterocycles. The average molecular weight is 443 g/mol. The van der Waals surface area contributed by atoms with Crippen LogP contribution in [-0.4, -0.2) is 25.2 Å². The summed E-state index contributed by atoms with van der Waals surface area (Å²) < 4.78 is 36.2. The highest BCUT2D eigenvalue weighted by Gasteiger charge is 2.25. The summed E-state index contributed by atoms with van der Waals surface area (Å²) in [5.41, 5.74) is 2.31. The van der Waals surface area contributed by atoms with Crippen molar-refractivity contribution in [2.45, 2.75) is 45.8 Å². The summed E-state index contributed by atoms with van der Waals surface area (Å²) in [5.74, 6) is 0.637. The Labute approximate surface area is 153 Å². The first-order valence-corrected chi connectivity index (χ1v) is 7.56. The molecule has 0 aliphatic heterocycles. The van der Waals surface area contributed by atoms with Crippen molar-refractivity contribution in [3.63, 3.8) is 0 Å². The van der Waals surface area contributed by atoms with Crippen LogP contribution in [0.1, 0.15) is 37.3 Å². The molecule has 0 aromatic heterocycles. The maximum absolute atomic E-state index is 12.1. The molecule has 0 saturated carbocycles. The van der Waals surface area contributed by atoms with Gasteiger partial charge in [0, 0.05) is 19.5 Å². The van der Waals surface area contributed by atoms with Crippen molar-refractivity contribution in [2.24, 2.45) is 4.99 Å². The lowest BCUT2D eigenvalue weighted by Gasteiger charge is -2.12. The van der Waals surface area contributed by atoms with Crippen LogP contribution in [0, 0.1) is 6.92 Å². The summed E-state index contributed by atoms with van der Waals surface area (Å²) >= 11 is 0. The van der Waals surface area contributed by atoms with Gasteiger partial charge in [-0.05, 0) is 37.8 Å². The molecule has 132 valence electrons. The molecule has 0 unspecified atom stereocenters. The fourth-order valence-corrected chi connectivity index (χ4v) is 1.95. The Morgan fingerprint density at radius 2 is 1.83 bits per heavy atom. The molecule has 7 heteroatoms. The second kappa shape index (κ2) is 11.5. The molecule has 0 aliphatic rings. The molecule has 0 aliphatic carbocycles. The third kappa shape index (κ3) is 10.4. The van der Waals surface area contributed by atoms with Crippen LogP contribution in [0.5, 0.6) is 0 Å². The molecular formula is C16H25F3IN3. The Morgan fingerprint density at radius 3 is 2.43 bits per heavy atom. The zero-order chi connectivity index (χ0) is 16.4. The fourth-order valence-electron chi connectivity index (χ4n) is 1.95. The Hall–Kier alpha value is -0.990. The maximum Gasteiger partial charge on any atom is 0.389 e. The van der Waals surface area contributed by atoms with E-state index >= 15 is 0 Å². The minimum Gasteiger partial charge on any atom is -0.357 e. The van der Waals surface area contributed by atoms with E-state index in [0.717, 1.165) is 5.56 Å². The summed E-state index contributed by atoms with van der Waals surface area (Å²) in [6.45, 7) is 5.72. The van der Waals surface area contributed by atoms with Crippen molar-refractivity contribution in [3.8, 4) is 0 Å². The second-order valence-electron chi connectivity index (χ2n) is 5.12. The minimum absolute atomic E-state index is 0. The van der Waals surface area contributed by atoms with Crippen molar-refractivity contribution in [3.05, 3.63) is 35.4 Å². The van der Waals surface area contributed by atoms with Crippen molar-refractivity contribution in [1.82, 2.24) is 10.6 Å². The first-order valence-electron chi connectivity index (χ1n) is 7.56. The van der Waals surface area contributed by atoms with Gasteiger partial charge in [0.25, 0.3) is 0 Å². The van der Waals surface area contributed by atoms with E-state index in [2.05, 4.69) is 15.6 Å². The molecule has 3 nitrogen and oxygen atoms in total. The number of nitrogens with zero attached hydrogens (tertiary/aromatic N) is 1. The minimum atomic E-state index is -4.07. The van der Waals surface area contributed by atoms with Gasteiger partial charge in [0.1, 0.15) is 0 Å². The molecule has 2 N–H and O–H groups in total. The molecule has 1 aromatic rings. The number of aryl methyl sites for hydroxylation is 1. The number of nitrogens with one attached hydrogen (secondary N) is 2. The monoisotopic (exact) mass is 443 g/mol. The summed E-state index contributed by atoms with van der Waals surface area (Å²) in [7, 11) is 0. The van der Waals surface area contributed by atoms with Crippen LogP contribution in [-0.2, 0) is 6.54 Å². The lowest BCUT2D eigenvalue weighted by Crippen LogP contribution is -2.37. The van der Waals surface area contributed by atoms with Crippen molar-refractivity contribution >= 4 is 29.9 Å². The maximum atomic E-state index is 12.1. The van der Waals surface area contributed by atoms with Gasteiger partial charge in [-0.1, -0.05) is 24.3 Å². The average Bonchev–Trinajstić information content (AvgIpc) is 2.44. The number of halogens is 4. The lowest BCUT2D eigenvalue weighted by atomic mass is 10.1. The molecular weight excluding hydrogens is 418 g/mol. The smallest absolute Gasteiger partial charge is 0.357 e. The lowest BCUT2D eigenvalue weighted by molar-refractivity contribution is -0.135. The molecule has 23 heavy (non-hydrogen) atoms. The van der Waals surface area contributed by atoms with Gasteiger partial charge in [-0.3, -0.25) is 0 Å². The number of hydrogen-bond acceptors (Lipinski definition) is 1. The molecule has 0 amide bonds. The molecule has 0 spiro atoms. The molecule has 0 bridgehead atoms. The number of guanidine groups is 1. The number of unbranched alkanes of at least 4 members (excludes halogenated alkanes) is 1. The van der Waals surface area contributed by atoms with Crippen LogP contribution in [0.2, 0.25) is 0 Å². The SMILES string of the molecule is CCNC(=NCc1ccccc1C)NCCCCC(F)(F)F.I. The van der Waals surface area contributed by atoms with Crippen LogP contribution in [0.25, 0.3) is 0 Å². The van der Waals surface area contributed by atoms with E-state index in [4.69, 9.17) is 0 Å². The van der Waals surface area contributed by atoms with Crippen LogP contribution in [0.3, 0.4) is 0 Å². The Balaban J connectivity index is 0.00000484. The zero-order valence-electron chi connectivity index (χ0n) is 13.5. The number of rotatable bonds is 7. The van der Waals surface area contributed by atoms with Crippen molar-refractivity contribution in [1.29, 1.82) is 0 Å². The molecule has 1 aromatic carbocycles. The predicted octanol–water partition coefficient (Wildman–Crippen LogP) is 4.40. The van der Waals surface area contributed by atoms with Crippen molar-refractivity contribution in [2.75, 3.05) is 13.1 Å². The van der Waals surface area contributed by atoms with Crippen molar-refractivity contribution < 1.29 is 13.2 Å². The molecule has 1 rings (SSSR count). The van der Waals surface area contributed by atoms with E-state index < -0.39 is 12.6 Å². The third-order valence-corrected chi connectivity index (χ3v) is 3.19. The van der Waals surface area contributed by atoms with Crippen LogP contribution in [0.4, 0.5) is 13.2 Å². The van der Waals surface area contributed by atoms with Gasteiger partial charge in [0.05, 0.1) is 6.54 Å². The summed E-state index contributed by atoms with van der Waals surface area (Å²) in [5, 5.41) is 6.16. The van der Waals surface area contributed by atoms with Gasteiger partial charge in [0.15, 0.2) is 5.96 Å². The number of aliphatic imine (C=N–C) groups is 1. The largest absolute Gasteiger partial charge is 0.389 e. The second-order valence-corrected chi connectivity index (χ2v) is 5.12. The third-order valence-electron chi connectivity index (χ3n) is 3.19. The first-order chi connectivity index (χ1) is 10.4. The topological polar surface area (TPSA) is 36.4 Å². The Kier molecular flexibility index (Phi) is 11.0. The molecule has 0 atom stereocenters. The van der Waals surface area contributed by atoms with Gasteiger partial charge in [-0.15, -0.1) is 24.0 Å². The van der Waals surface area contributed by atoms with E-state index in [-0.39, 0.29) is 30.4 Å². The highest BCUT2D eigenvalue weighted by Crippen LogP contribution is 2.21. The van der Waals surface area contributed by atoms with E-state index in [1.807, 2.05) is 38.1 Å². The fraction of sp³-hybridized carbons (Fsp3) is 0.562. The number of benzene rings is 1. The normalized spacial score (nSPS) is 11.8. The van der Waals surface area contributed by atoms with E-state index in [1.165, 1.54) is 5.56 Å². The standard InChI is InChI=1S/C16H24F3N3.HI/c1-3-20-15(21-11-7-6-10-16(17,18)19)22-12-14-9-5-4-8-13(14)2;/h4-5,8-9H,3,6-7,10-12H2,1-2H3,(H2,20,21,22);1H. The summed E-state index contributed by atoms with van der Waals surface area (Å²) in [6, 6.07) is 8.00.